The van der Waals surface area contributed by atoms with Gasteiger partial charge in [-0.2, -0.15) is 0 Å². The van der Waals surface area contributed by atoms with Crippen LogP contribution >= 0.6 is 27.3 Å². The van der Waals surface area contributed by atoms with Crippen LogP contribution in [0.3, 0.4) is 0 Å². The molecule has 0 aromatic carbocycles. The molecule has 0 atom stereocenters. The van der Waals surface area contributed by atoms with Crippen LogP contribution in [0.25, 0.3) is 0 Å². The highest BCUT2D eigenvalue weighted by Crippen LogP contribution is 2.31. The molecule has 0 spiro atoms. The maximum atomic E-state index is 12.3. The number of hydrogen-bond donors (Lipinski definition) is 2. The standard InChI is InChI=1S/C13H23BrN2O2S2/c1-4-10(5-2)8-16-20(17,18)12-7-11(9-15-6-3)19-13(12)14/h7,10,15-16H,4-6,8-9H2,1-3H3. The second-order valence-electron chi connectivity index (χ2n) is 4.67. The zero-order valence-corrected chi connectivity index (χ0v) is 15.4. The van der Waals surface area contributed by atoms with E-state index in [0.717, 1.165) is 24.3 Å². The normalized spacial score (nSPS) is 12.2. The van der Waals surface area contributed by atoms with E-state index in [0.29, 0.717) is 27.7 Å². The van der Waals surface area contributed by atoms with Gasteiger partial charge in [0.1, 0.15) is 4.90 Å². The van der Waals surface area contributed by atoms with Crippen molar-refractivity contribution in [3.63, 3.8) is 0 Å². The van der Waals surface area contributed by atoms with Crippen molar-refractivity contribution >= 4 is 37.3 Å². The van der Waals surface area contributed by atoms with Crippen LogP contribution in [0.15, 0.2) is 14.7 Å². The van der Waals surface area contributed by atoms with Crippen molar-refractivity contribution < 1.29 is 8.42 Å². The van der Waals surface area contributed by atoms with Crippen LogP contribution in [-0.4, -0.2) is 21.5 Å². The molecule has 20 heavy (non-hydrogen) atoms. The average molecular weight is 383 g/mol. The Morgan fingerprint density at radius 2 is 1.95 bits per heavy atom. The van der Waals surface area contributed by atoms with Crippen LogP contribution in [0, 0.1) is 5.92 Å². The fourth-order valence-corrected chi connectivity index (χ4v) is 5.57. The van der Waals surface area contributed by atoms with Crippen molar-refractivity contribution in [3.8, 4) is 0 Å². The Balaban J connectivity index is 2.79. The van der Waals surface area contributed by atoms with Crippen LogP contribution in [0.4, 0.5) is 0 Å². The van der Waals surface area contributed by atoms with Crippen LogP contribution in [0.5, 0.6) is 0 Å². The first kappa shape index (κ1) is 18.1. The lowest BCUT2D eigenvalue weighted by molar-refractivity contribution is 0.479. The lowest BCUT2D eigenvalue weighted by Crippen LogP contribution is -2.29. The van der Waals surface area contributed by atoms with E-state index in [1.807, 2.05) is 6.92 Å². The Labute approximate surface area is 134 Å². The van der Waals surface area contributed by atoms with Gasteiger partial charge in [-0.15, -0.1) is 11.3 Å². The highest BCUT2D eigenvalue weighted by Gasteiger charge is 2.21. The molecule has 0 radical (unpaired) electrons. The summed E-state index contributed by atoms with van der Waals surface area (Å²) >= 11 is 4.82. The summed E-state index contributed by atoms with van der Waals surface area (Å²) in [5, 5.41) is 3.20. The van der Waals surface area contributed by atoms with Gasteiger partial charge in [-0.05, 0) is 34.5 Å². The molecule has 1 aromatic rings. The molecule has 2 N–H and O–H groups in total. The quantitative estimate of drug-likeness (QED) is 0.688. The molecule has 0 aliphatic rings. The lowest BCUT2D eigenvalue weighted by Gasteiger charge is -2.13. The minimum atomic E-state index is -3.42. The highest BCUT2D eigenvalue weighted by atomic mass is 79.9. The van der Waals surface area contributed by atoms with Crippen LogP contribution in [0.2, 0.25) is 0 Å². The Morgan fingerprint density at radius 1 is 1.30 bits per heavy atom. The predicted molar refractivity (Wildman–Crippen MR) is 88.7 cm³/mol. The van der Waals surface area contributed by atoms with E-state index < -0.39 is 10.0 Å². The average Bonchev–Trinajstić information content (AvgIpc) is 2.79. The van der Waals surface area contributed by atoms with E-state index in [1.54, 1.807) is 6.07 Å². The Morgan fingerprint density at radius 3 is 2.50 bits per heavy atom. The third kappa shape index (κ3) is 5.11. The summed E-state index contributed by atoms with van der Waals surface area (Å²) in [6.45, 7) is 8.25. The zero-order valence-electron chi connectivity index (χ0n) is 12.2. The molecule has 0 fully saturated rings. The van der Waals surface area contributed by atoms with Gasteiger partial charge in [0, 0.05) is 18.0 Å². The smallest absolute Gasteiger partial charge is 0.242 e. The molecule has 0 unspecified atom stereocenters. The summed E-state index contributed by atoms with van der Waals surface area (Å²) in [5.74, 6) is 0.392. The fourth-order valence-electron chi connectivity index (χ4n) is 1.80. The topological polar surface area (TPSA) is 58.2 Å². The fraction of sp³-hybridized carbons (Fsp3) is 0.692. The van der Waals surface area contributed by atoms with Gasteiger partial charge in [-0.1, -0.05) is 33.6 Å². The number of thiophene rings is 1. The van der Waals surface area contributed by atoms with Crippen molar-refractivity contribution in [1.82, 2.24) is 10.0 Å². The van der Waals surface area contributed by atoms with Crippen molar-refractivity contribution in [2.24, 2.45) is 5.92 Å². The van der Waals surface area contributed by atoms with Gasteiger partial charge >= 0.3 is 0 Å². The number of halogens is 1. The summed E-state index contributed by atoms with van der Waals surface area (Å²) in [6.07, 6.45) is 1.96. The van der Waals surface area contributed by atoms with Crippen molar-refractivity contribution in [1.29, 1.82) is 0 Å². The minimum absolute atomic E-state index is 0.348. The van der Waals surface area contributed by atoms with E-state index in [9.17, 15) is 8.42 Å². The number of rotatable bonds is 9. The number of nitrogens with one attached hydrogen (secondary N) is 2. The summed E-state index contributed by atoms with van der Waals surface area (Å²) in [7, 11) is -3.42. The first-order valence-electron chi connectivity index (χ1n) is 6.93. The second kappa shape index (κ2) is 8.48. The molecule has 0 amide bonds. The molecule has 1 rings (SSSR count). The Hall–Kier alpha value is 0.0500. The Bertz CT molecular complexity index is 510. The van der Waals surface area contributed by atoms with E-state index in [2.05, 4.69) is 39.8 Å². The molecule has 1 heterocycles. The van der Waals surface area contributed by atoms with Gasteiger partial charge in [0.25, 0.3) is 0 Å². The largest absolute Gasteiger partial charge is 0.312 e. The molecule has 1 aromatic heterocycles. The maximum Gasteiger partial charge on any atom is 0.242 e. The highest BCUT2D eigenvalue weighted by molar-refractivity contribution is 9.11. The van der Waals surface area contributed by atoms with E-state index in [1.165, 1.54) is 11.3 Å². The first-order chi connectivity index (χ1) is 9.44. The zero-order chi connectivity index (χ0) is 15.2. The van der Waals surface area contributed by atoms with Gasteiger partial charge < -0.3 is 5.32 Å². The molecule has 4 nitrogen and oxygen atoms in total. The molecule has 0 bridgehead atoms. The lowest BCUT2D eigenvalue weighted by atomic mass is 10.0. The molecule has 7 heteroatoms. The molecule has 0 aliphatic heterocycles. The van der Waals surface area contributed by atoms with Crippen LogP contribution < -0.4 is 10.0 Å². The maximum absolute atomic E-state index is 12.3. The number of hydrogen-bond acceptors (Lipinski definition) is 4. The SMILES string of the molecule is CCNCc1cc(S(=O)(=O)NCC(CC)CC)c(Br)s1. The molecule has 0 saturated heterocycles. The van der Waals surface area contributed by atoms with Crippen molar-refractivity contribution in [2.45, 2.75) is 45.1 Å². The van der Waals surface area contributed by atoms with Gasteiger partial charge in [0.05, 0.1) is 3.79 Å². The Kier molecular flexibility index (Phi) is 7.68. The molecular formula is C13H23BrN2O2S2. The van der Waals surface area contributed by atoms with E-state index in [4.69, 9.17) is 0 Å². The van der Waals surface area contributed by atoms with E-state index >= 15 is 0 Å². The van der Waals surface area contributed by atoms with Gasteiger partial charge in [0.15, 0.2) is 0 Å². The molecular weight excluding hydrogens is 360 g/mol. The predicted octanol–water partition coefficient (Wildman–Crippen LogP) is 3.33. The monoisotopic (exact) mass is 382 g/mol. The third-order valence-electron chi connectivity index (χ3n) is 3.26. The second-order valence-corrected chi connectivity index (χ2v) is 8.86. The molecule has 0 saturated carbocycles. The summed E-state index contributed by atoms with van der Waals surface area (Å²) in [4.78, 5) is 1.36. The van der Waals surface area contributed by atoms with Gasteiger partial charge in [0.2, 0.25) is 10.0 Å². The molecule has 0 aliphatic carbocycles. The number of sulfonamides is 1. The van der Waals surface area contributed by atoms with E-state index in [-0.39, 0.29) is 0 Å². The van der Waals surface area contributed by atoms with Gasteiger partial charge in [-0.25, -0.2) is 13.1 Å². The first-order valence-corrected chi connectivity index (χ1v) is 10.0. The summed E-state index contributed by atoms with van der Waals surface area (Å²) < 4.78 is 28.0. The van der Waals surface area contributed by atoms with Crippen molar-refractivity contribution in [3.05, 3.63) is 14.7 Å². The molecule has 116 valence electrons. The minimum Gasteiger partial charge on any atom is -0.312 e. The third-order valence-corrected chi connectivity index (χ3v) is 6.94. The summed E-state index contributed by atoms with van der Waals surface area (Å²) in [6, 6.07) is 1.74. The van der Waals surface area contributed by atoms with Crippen molar-refractivity contribution in [2.75, 3.05) is 13.1 Å². The van der Waals surface area contributed by atoms with Gasteiger partial charge in [-0.3, -0.25) is 0 Å². The van der Waals surface area contributed by atoms with Crippen LogP contribution in [0.1, 0.15) is 38.5 Å². The summed E-state index contributed by atoms with van der Waals surface area (Å²) in [5.41, 5.74) is 0. The van der Waals surface area contributed by atoms with Crippen LogP contribution in [-0.2, 0) is 16.6 Å².